The predicted octanol–water partition coefficient (Wildman–Crippen LogP) is 2.29. The van der Waals surface area contributed by atoms with Crippen molar-refractivity contribution in [2.24, 2.45) is 0 Å². The van der Waals surface area contributed by atoms with Crippen LogP contribution in [0.15, 0.2) is 48.5 Å². The Labute approximate surface area is 175 Å². The topological polar surface area (TPSA) is 95.5 Å². The number of halogens is 2. The molecule has 2 amide bonds. The van der Waals surface area contributed by atoms with E-state index in [9.17, 15) is 23.9 Å². The molecule has 0 aliphatic carbocycles. The van der Waals surface area contributed by atoms with Crippen LogP contribution in [0.4, 0.5) is 4.39 Å². The molecule has 0 aromatic heterocycles. The zero-order valence-corrected chi connectivity index (χ0v) is 17.3. The van der Waals surface area contributed by atoms with E-state index in [4.69, 9.17) is 0 Å². The molecule has 28 heavy (non-hydrogen) atoms. The van der Waals surface area contributed by atoms with Gasteiger partial charge >= 0.3 is 5.97 Å². The maximum atomic E-state index is 13.4. The zero-order valence-electron chi connectivity index (χ0n) is 15.1. The van der Waals surface area contributed by atoms with Gasteiger partial charge in [0, 0.05) is 23.3 Å². The quantitative estimate of drug-likeness (QED) is 0.487. The van der Waals surface area contributed by atoms with Crippen molar-refractivity contribution in [1.29, 1.82) is 0 Å². The molecule has 2 aromatic carbocycles. The number of aliphatic carboxylic acids is 1. The molecule has 0 fully saturated rings. The first-order valence-electron chi connectivity index (χ1n) is 8.54. The molecule has 0 bridgehead atoms. The van der Waals surface area contributed by atoms with Crippen molar-refractivity contribution in [3.63, 3.8) is 0 Å². The number of carbonyl (C=O) groups is 3. The van der Waals surface area contributed by atoms with Crippen molar-refractivity contribution in [1.82, 2.24) is 10.6 Å². The Balaban J connectivity index is 2.15. The fourth-order valence-electron chi connectivity index (χ4n) is 2.71. The molecular weight excluding hydrogens is 478 g/mol. The average molecular weight is 498 g/mol. The van der Waals surface area contributed by atoms with Crippen molar-refractivity contribution in [3.8, 4) is 0 Å². The van der Waals surface area contributed by atoms with Gasteiger partial charge in [-0.25, -0.2) is 9.18 Å². The number of rotatable bonds is 8. The molecule has 0 saturated carbocycles. The van der Waals surface area contributed by atoms with E-state index in [-0.39, 0.29) is 12.8 Å². The highest BCUT2D eigenvalue weighted by Gasteiger charge is 2.27. The van der Waals surface area contributed by atoms with Crippen LogP contribution in [-0.4, -0.2) is 35.0 Å². The van der Waals surface area contributed by atoms with Crippen LogP contribution in [0.25, 0.3) is 0 Å². The second-order valence-electron chi connectivity index (χ2n) is 6.28. The molecule has 148 valence electrons. The van der Waals surface area contributed by atoms with Crippen LogP contribution in [0.2, 0.25) is 0 Å². The summed E-state index contributed by atoms with van der Waals surface area (Å²) in [6.45, 7) is 1.26. The Morgan fingerprint density at radius 1 is 1.04 bits per heavy atom. The minimum atomic E-state index is -1.18. The molecule has 3 N–H and O–H groups in total. The van der Waals surface area contributed by atoms with Crippen LogP contribution in [0.3, 0.4) is 0 Å². The van der Waals surface area contributed by atoms with Gasteiger partial charge in [0.2, 0.25) is 11.8 Å². The molecule has 2 rings (SSSR count). The SMILES string of the molecule is CC(=O)N[C@@H](Cc1cccc(F)c1)C(=O)N[C@@H](Cc1ccccc1I)C(=O)O. The number of hydrogen-bond acceptors (Lipinski definition) is 3. The summed E-state index contributed by atoms with van der Waals surface area (Å²) in [5, 5.41) is 14.5. The van der Waals surface area contributed by atoms with Gasteiger partial charge in [0.05, 0.1) is 0 Å². The van der Waals surface area contributed by atoms with Gasteiger partial charge in [0.1, 0.15) is 17.9 Å². The Bertz CT molecular complexity index is 875. The molecule has 8 heteroatoms. The predicted molar refractivity (Wildman–Crippen MR) is 110 cm³/mol. The van der Waals surface area contributed by atoms with E-state index in [0.717, 1.165) is 9.13 Å². The third-order valence-electron chi connectivity index (χ3n) is 4.02. The lowest BCUT2D eigenvalue weighted by atomic mass is 10.0. The van der Waals surface area contributed by atoms with Crippen LogP contribution in [0, 0.1) is 9.39 Å². The van der Waals surface area contributed by atoms with E-state index in [2.05, 4.69) is 33.2 Å². The zero-order chi connectivity index (χ0) is 20.7. The highest BCUT2D eigenvalue weighted by Crippen LogP contribution is 2.14. The van der Waals surface area contributed by atoms with E-state index in [1.54, 1.807) is 18.2 Å². The van der Waals surface area contributed by atoms with Gasteiger partial charge in [0.25, 0.3) is 0 Å². The van der Waals surface area contributed by atoms with Crippen molar-refractivity contribution < 1.29 is 23.9 Å². The standard InChI is InChI=1S/C20H20FIN2O4/c1-12(25)23-17(10-13-5-4-7-15(21)9-13)19(26)24-18(20(27)28)11-14-6-2-3-8-16(14)22/h2-9,17-18H,10-11H2,1H3,(H,23,25)(H,24,26)(H,27,28)/t17-,18-/m0/s1. The van der Waals surface area contributed by atoms with Crippen LogP contribution in [-0.2, 0) is 27.2 Å². The van der Waals surface area contributed by atoms with Gasteiger partial charge in [-0.1, -0.05) is 30.3 Å². The fraction of sp³-hybridized carbons (Fsp3) is 0.250. The van der Waals surface area contributed by atoms with E-state index in [0.29, 0.717) is 5.56 Å². The lowest BCUT2D eigenvalue weighted by Crippen LogP contribution is -2.52. The first kappa shape index (κ1) is 21.8. The van der Waals surface area contributed by atoms with Crippen molar-refractivity contribution in [2.75, 3.05) is 0 Å². The second-order valence-corrected chi connectivity index (χ2v) is 7.44. The van der Waals surface area contributed by atoms with Crippen molar-refractivity contribution in [3.05, 3.63) is 69.0 Å². The Kier molecular flexibility index (Phi) is 7.91. The van der Waals surface area contributed by atoms with E-state index >= 15 is 0 Å². The highest BCUT2D eigenvalue weighted by molar-refractivity contribution is 14.1. The van der Waals surface area contributed by atoms with Crippen LogP contribution in [0.1, 0.15) is 18.1 Å². The number of carboxylic acid groups (broad SMARTS) is 1. The fourth-order valence-corrected chi connectivity index (χ4v) is 3.32. The summed E-state index contributed by atoms with van der Waals surface area (Å²) in [7, 11) is 0. The lowest BCUT2D eigenvalue weighted by molar-refractivity contribution is -0.142. The summed E-state index contributed by atoms with van der Waals surface area (Å²) in [4.78, 5) is 35.8. The summed E-state index contributed by atoms with van der Waals surface area (Å²) in [5.41, 5.74) is 1.30. The van der Waals surface area contributed by atoms with Gasteiger partial charge in [-0.15, -0.1) is 0 Å². The van der Waals surface area contributed by atoms with Crippen molar-refractivity contribution in [2.45, 2.75) is 31.8 Å². The Morgan fingerprint density at radius 3 is 2.36 bits per heavy atom. The molecule has 0 saturated heterocycles. The monoisotopic (exact) mass is 498 g/mol. The first-order chi connectivity index (χ1) is 13.3. The summed E-state index contributed by atoms with van der Waals surface area (Å²) < 4.78 is 14.3. The van der Waals surface area contributed by atoms with Crippen molar-refractivity contribution >= 4 is 40.4 Å². The molecule has 0 aliphatic rings. The Hall–Kier alpha value is -2.49. The minimum Gasteiger partial charge on any atom is -0.480 e. The maximum absolute atomic E-state index is 13.4. The van der Waals surface area contributed by atoms with E-state index in [1.165, 1.54) is 25.1 Å². The molecule has 2 aromatic rings. The summed E-state index contributed by atoms with van der Waals surface area (Å²) in [5.74, 6) is -2.72. The number of nitrogens with one attached hydrogen (secondary N) is 2. The minimum absolute atomic E-state index is 0.0401. The maximum Gasteiger partial charge on any atom is 0.326 e. The van der Waals surface area contributed by atoms with Crippen LogP contribution >= 0.6 is 22.6 Å². The summed E-state index contributed by atoms with van der Waals surface area (Å²) >= 11 is 2.10. The van der Waals surface area contributed by atoms with Gasteiger partial charge in [0.15, 0.2) is 0 Å². The molecule has 0 aliphatic heterocycles. The first-order valence-corrected chi connectivity index (χ1v) is 9.62. The lowest BCUT2D eigenvalue weighted by Gasteiger charge is -2.21. The Morgan fingerprint density at radius 2 is 1.75 bits per heavy atom. The number of hydrogen-bond donors (Lipinski definition) is 3. The molecule has 6 nitrogen and oxygen atoms in total. The van der Waals surface area contributed by atoms with Crippen LogP contribution in [0.5, 0.6) is 0 Å². The molecule has 0 heterocycles. The summed E-state index contributed by atoms with van der Waals surface area (Å²) in [6, 6.07) is 10.8. The highest BCUT2D eigenvalue weighted by atomic mass is 127. The molecule has 0 radical (unpaired) electrons. The second kappa shape index (κ2) is 10.2. The number of amides is 2. The third-order valence-corrected chi connectivity index (χ3v) is 5.07. The number of carbonyl (C=O) groups excluding carboxylic acids is 2. The molecule has 2 atom stereocenters. The average Bonchev–Trinajstić information content (AvgIpc) is 2.61. The van der Waals surface area contributed by atoms with Gasteiger partial charge < -0.3 is 15.7 Å². The molecular formula is C20H20FIN2O4. The van der Waals surface area contributed by atoms with E-state index < -0.39 is 35.7 Å². The van der Waals surface area contributed by atoms with Crippen LogP contribution < -0.4 is 10.6 Å². The smallest absolute Gasteiger partial charge is 0.326 e. The van der Waals surface area contributed by atoms with Gasteiger partial charge in [-0.2, -0.15) is 0 Å². The molecule has 0 spiro atoms. The van der Waals surface area contributed by atoms with Gasteiger partial charge in [-0.3, -0.25) is 9.59 Å². The third kappa shape index (κ3) is 6.59. The van der Waals surface area contributed by atoms with E-state index in [1.807, 2.05) is 12.1 Å². The number of carboxylic acids is 1. The summed E-state index contributed by atoms with van der Waals surface area (Å²) in [6.07, 6.45) is 0.144. The van der Waals surface area contributed by atoms with Gasteiger partial charge in [-0.05, 0) is 51.9 Å². The molecule has 0 unspecified atom stereocenters. The number of benzene rings is 2. The normalized spacial score (nSPS) is 12.7. The largest absolute Gasteiger partial charge is 0.480 e.